The van der Waals surface area contributed by atoms with E-state index in [1.165, 1.54) is 0 Å². The number of sulfonamides is 1. The first-order valence-electron chi connectivity index (χ1n) is 5.98. The minimum absolute atomic E-state index is 0.0654. The number of hydrogen-bond acceptors (Lipinski definition) is 2. The lowest BCUT2D eigenvalue weighted by Crippen LogP contribution is -2.27. The Morgan fingerprint density at radius 3 is 2.30 bits per heavy atom. The number of alkyl halides is 1. The summed E-state index contributed by atoms with van der Waals surface area (Å²) < 4.78 is 65.2. The molecule has 0 heterocycles. The molecular weight excluding hydrogens is 359 g/mol. The fraction of sp³-hybridized carbons (Fsp3) is 0.500. The van der Waals surface area contributed by atoms with Crippen LogP contribution in [-0.2, 0) is 10.0 Å². The summed E-state index contributed by atoms with van der Waals surface area (Å²) in [7, 11) is -4.32. The molecule has 0 aromatic heterocycles. The van der Waals surface area contributed by atoms with E-state index in [0.717, 1.165) is 11.8 Å². The van der Waals surface area contributed by atoms with E-state index in [9.17, 15) is 21.6 Å². The first-order chi connectivity index (χ1) is 9.27. The molecule has 0 saturated carbocycles. The molecule has 1 rings (SSSR count). The molecule has 0 saturated heterocycles. The van der Waals surface area contributed by atoms with Gasteiger partial charge in [0.15, 0.2) is 4.90 Å². The van der Waals surface area contributed by atoms with Crippen molar-refractivity contribution in [2.45, 2.75) is 24.7 Å². The highest BCUT2D eigenvalue weighted by molar-refractivity contribution is 9.09. The lowest BCUT2D eigenvalue weighted by Gasteiger charge is -2.10. The van der Waals surface area contributed by atoms with Crippen LogP contribution in [0.5, 0.6) is 0 Å². The molecule has 114 valence electrons. The van der Waals surface area contributed by atoms with Crippen molar-refractivity contribution in [3.63, 3.8) is 0 Å². The normalized spacial score (nSPS) is 13.4. The zero-order valence-electron chi connectivity index (χ0n) is 10.8. The van der Waals surface area contributed by atoms with Gasteiger partial charge in [-0.15, -0.1) is 0 Å². The molecule has 20 heavy (non-hydrogen) atoms. The highest BCUT2D eigenvalue weighted by Crippen LogP contribution is 2.20. The maximum absolute atomic E-state index is 13.4. The lowest BCUT2D eigenvalue weighted by atomic mass is 10.1. The third-order valence-corrected chi connectivity index (χ3v) is 5.28. The Balaban J connectivity index is 2.75. The van der Waals surface area contributed by atoms with Crippen LogP contribution in [0.1, 0.15) is 19.8 Å². The molecule has 0 aliphatic heterocycles. The van der Waals surface area contributed by atoms with Gasteiger partial charge in [-0.2, -0.15) is 0 Å². The van der Waals surface area contributed by atoms with Gasteiger partial charge in [-0.1, -0.05) is 22.9 Å². The van der Waals surface area contributed by atoms with Gasteiger partial charge in [0.05, 0.1) is 0 Å². The monoisotopic (exact) mass is 373 g/mol. The number of halogens is 4. The van der Waals surface area contributed by atoms with E-state index in [4.69, 9.17) is 0 Å². The predicted octanol–water partition coefficient (Wildman–Crippen LogP) is 3.19. The first kappa shape index (κ1) is 17.5. The summed E-state index contributed by atoms with van der Waals surface area (Å²) in [6.45, 7) is 2.05. The Morgan fingerprint density at radius 2 is 1.80 bits per heavy atom. The fourth-order valence-corrected chi connectivity index (χ4v) is 3.10. The molecule has 8 heteroatoms. The summed E-state index contributed by atoms with van der Waals surface area (Å²) in [5.41, 5.74) is 0. The van der Waals surface area contributed by atoms with E-state index in [2.05, 4.69) is 20.7 Å². The molecule has 1 atom stereocenters. The van der Waals surface area contributed by atoms with Gasteiger partial charge in [0.2, 0.25) is 10.0 Å². The van der Waals surface area contributed by atoms with Gasteiger partial charge in [0.25, 0.3) is 0 Å². The maximum Gasteiger partial charge on any atom is 0.246 e. The summed E-state index contributed by atoms with van der Waals surface area (Å²) in [6.07, 6.45) is 1.30. The van der Waals surface area contributed by atoms with Crippen molar-refractivity contribution in [3.05, 3.63) is 29.6 Å². The number of nitrogens with one attached hydrogen (secondary N) is 1. The fourth-order valence-electron chi connectivity index (χ4n) is 1.59. The van der Waals surface area contributed by atoms with Gasteiger partial charge in [-0.3, -0.25) is 0 Å². The van der Waals surface area contributed by atoms with Gasteiger partial charge in [-0.05, 0) is 18.8 Å². The van der Waals surface area contributed by atoms with Gasteiger partial charge in [-0.25, -0.2) is 26.3 Å². The zero-order valence-corrected chi connectivity index (χ0v) is 13.2. The summed E-state index contributed by atoms with van der Waals surface area (Å²) in [4.78, 5) is -1.15. The number of hydrogen-bond donors (Lipinski definition) is 1. The SMILES string of the molecule is CC(CBr)CCCNS(=O)(=O)c1c(F)cc(F)cc1F. The highest BCUT2D eigenvalue weighted by atomic mass is 79.9. The topological polar surface area (TPSA) is 46.2 Å². The van der Waals surface area contributed by atoms with Crippen molar-refractivity contribution in [1.29, 1.82) is 0 Å². The molecule has 1 aromatic rings. The van der Waals surface area contributed by atoms with E-state index in [-0.39, 0.29) is 6.54 Å². The standard InChI is InChI=1S/C12H15BrF3NO2S/c1-8(7-13)3-2-4-17-20(18,19)12-10(15)5-9(14)6-11(12)16/h5-6,8,17H,2-4,7H2,1H3. The molecular formula is C12H15BrF3NO2S. The molecule has 1 unspecified atom stereocenters. The van der Waals surface area contributed by atoms with Crippen LogP contribution in [0, 0.1) is 23.4 Å². The third-order valence-electron chi connectivity index (χ3n) is 2.66. The van der Waals surface area contributed by atoms with E-state index in [1.54, 1.807) is 0 Å². The van der Waals surface area contributed by atoms with Crippen LogP contribution < -0.4 is 4.72 Å². The second kappa shape index (κ2) is 7.42. The maximum atomic E-state index is 13.4. The molecule has 0 spiro atoms. The molecule has 0 bridgehead atoms. The van der Waals surface area contributed by atoms with Gasteiger partial charge >= 0.3 is 0 Å². The van der Waals surface area contributed by atoms with E-state index in [0.29, 0.717) is 24.5 Å². The van der Waals surface area contributed by atoms with Crippen LogP contribution in [0.4, 0.5) is 13.2 Å². The third kappa shape index (κ3) is 4.75. The molecule has 1 aromatic carbocycles. The quantitative estimate of drug-likeness (QED) is 0.589. The van der Waals surface area contributed by atoms with E-state index in [1.807, 2.05) is 6.92 Å². The van der Waals surface area contributed by atoms with Crippen molar-refractivity contribution >= 4 is 26.0 Å². The molecule has 0 aliphatic rings. The Hall–Kier alpha value is -0.600. The van der Waals surface area contributed by atoms with Crippen molar-refractivity contribution in [1.82, 2.24) is 4.72 Å². The lowest BCUT2D eigenvalue weighted by molar-refractivity contribution is 0.491. The minimum atomic E-state index is -4.32. The second-order valence-electron chi connectivity index (χ2n) is 4.50. The van der Waals surface area contributed by atoms with Gasteiger partial charge in [0, 0.05) is 24.0 Å². The van der Waals surface area contributed by atoms with Crippen LogP contribution in [0.15, 0.2) is 17.0 Å². The molecule has 0 radical (unpaired) electrons. The number of benzene rings is 1. The summed E-state index contributed by atoms with van der Waals surface area (Å²) in [5.74, 6) is -3.67. The Morgan fingerprint density at radius 1 is 1.25 bits per heavy atom. The average molecular weight is 374 g/mol. The van der Waals surface area contributed by atoms with E-state index < -0.39 is 32.4 Å². The molecule has 3 nitrogen and oxygen atoms in total. The van der Waals surface area contributed by atoms with Crippen molar-refractivity contribution in [2.24, 2.45) is 5.92 Å². The second-order valence-corrected chi connectivity index (χ2v) is 6.85. The molecule has 0 fully saturated rings. The van der Waals surface area contributed by atoms with Crippen molar-refractivity contribution in [3.8, 4) is 0 Å². The van der Waals surface area contributed by atoms with Gasteiger partial charge < -0.3 is 0 Å². The van der Waals surface area contributed by atoms with Crippen LogP contribution in [0.2, 0.25) is 0 Å². The summed E-state index contributed by atoms with van der Waals surface area (Å²) >= 11 is 3.30. The average Bonchev–Trinajstić information content (AvgIpc) is 2.32. The van der Waals surface area contributed by atoms with Crippen molar-refractivity contribution < 1.29 is 21.6 Å². The smallest absolute Gasteiger partial charge is 0.211 e. The number of rotatable bonds is 7. The largest absolute Gasteiger partial charge is 0.246 e. The van der Waals surface area contributed by atoms with Crippen LogP contribution in [-0.4, -0.2) is 20.3 Å². The van der Waals surface area contributed by atoms with Gasteiger partial charge in [0.1, 0.15) is 17.5 Å². The molecule has 1 N–H and O–H groups in total. The summed E-state index contributed by atoms with van der Waals surface area (Å²) in [6, 6.07) is 0.676. The molecule has 0 amide bonds. The van der Waals surface area contributed by atoms with Crippen molar-refractivity contribution in [2.75, 3.05) is 11.9 Å². The van der Waals surface area contributed by atoms with Crippen LogP contribution in [0.25, 0.3) is 0 Å². The minimum Gasteiger partial charge on any atom is -0.211 e. The Labute approximate surface area is 124 Å². The van der Waals surface area contributed by atoms with Crippen LogP contribution >= 0.6 is 15.9 Å². The zero-order chi connectivity index (χ0) is 15.3. The summed E-state index contributed by atoms with van der Waals surface area (Å²) in [5, 5.41) is 0.793. The predicted molar refractivity (Wildman–Crippen MR) is 73.7 cm³/mol. The van der Waals surface area contributed by atoms with Crippen LogP contribution in [0.3, 0.4) is 0 Å². The highest BCUT2D eigenvalue weighted by Gasteiger charge is 2.24. The molecule has 0 aliphatic carbocycles. The Bertz CT molecular complexity index is 543. The van der Waals surface area contributed by atoms with E-state index >= 15 is 0 Å². The first-order valence-corrected chi connectivity index (χ1v) is 8.58. The Kier molecular flexibility index (Phi) is 6.47.